The summed E-state index contributed by atoms with van der Waals surface area (Å²) in [6.45, 7) is 3.04. The Labute approximate surface area is 169 Å². The summed E-state index contributed by atoms with van der Waals surface area (Å²) in [6.07, 6.45) is 1.48. The Morgan fingerprint density at radius 1 is 1.07 bits per heavy atom. The van der Waals surface area contributed by atoms with E-state index >= 15 is 0 Å². The van der Waals surface area contributed by atoms with Gasteiger partial charge in [-0.15, -0.1) is 10.2 Å². The Morgan fingerprint density at radius 2 is 1.79 bits per heavy atom. The molecule has 7 nitrogen and oxygen atoms in total. The molecule has 0 bridgehead atoms. The lowest BCUT2D eigenvalue weighted by atomic mass is 10.2. The van der Waals surface area contributed by atoms with Gasteiger partial charge in [0.1, 0.15) is 0 Å². The van der Waals surface area contributed by atoms with E-state index < -0.39 is 5.91 Å². The first-order valence-electron chi connectivity index (χ1n) is 9.69. The molecular weight excluding hydrogens is 368 g/mol. The van der Waals surface area contributed by atoms with E-state index in [1.54, 1.807) is 28.8 Å². The number of aromatic nitrogens is 1. The molecule has 2 aromatic carbocycles. The topological polar surface area (TPSA) is 96.0 Å². The lowest BCUT2D eigenvalue weighted by Gasteiger charge is -2.04. The smallest absolute Gasteiger partial charge is 0.264 e. The molecule has 0 unspecified atom stereocenters. The highest BCUT2D eigenvalue weighted by molar-refractivity contribution is 5.95. The van der Waals surface area contributed by atoms with Crippen LogP contribution in [0, 0.1) is 0 Å². The van der Waals surface area contributed by atoms with Crippen LogP contribution in [0.5, 0.6) is 5.88 Å². The van der Waals surface area contributed by atoms with Crippen molar-refractivity contribution in [2.24, 2.45) is 10.2 Å². The Morgan fingerprint density at radius 3 is 2.55 bits per heavy atom. The maximum absolute atomic E-state index is 12.0. The van der Waals surface area contributed by atoms with Crippen molar-refractivity contribution in [3.05, 3.63) is 60.2 Å². The summed E-state index contributed by atoms with van der Waals surface area (Å²) in [7, 11) is 0. The fraction of sp³-hybridized carbons (Fsp3) is 0.273. The van der Waals surface area contributed by atoms with Gasteiger partial charge in [-0.1, -0.05) is 43.3 Å². The minimum absolute atomic E-state index is 0.0136. The van der Waals surface area contributed by atoms with E-state index in [9.17, 15) is 14.7 Å². The first kappa shape index (κ1) is 20.3. The zero-order chi connectivity index (χ0) is 20.6. The standard InChI is InChI=1S/C22H24N4O3/c1-2-15-26-18-12-7-6-11-17(18)20(22(26)29)25-24-19(27)13-8-14-23-21(28)16-9-4-3-5-10-16/h3-7,9-12,29H,2,8,13-15H2,1H3,(H,23,28). The highest BCUT2D eigenvalue weighted by Gasteiger charge is 2.16. The van der Waals surface area contributed by atoms with E-state index in [1.165, 1.54) is 0 Å². The van der Waals surface area contributed by atoms with E-state index in [0.717, 1.165) is 17.3 Å². The summed E-state index contributed by atoms with van der Waals surface area (Å²) < 4.78 is 1.77. The fourth-order valence-corrected chi connectivity index (χ4v) is 3.11. The fourth-order valence-electron chi connectivity index (χ4n) is 3.11. The molecular formula is C22H24N4O3. The van der Waals surface area contributed by atoms with Crippen molar-refractivity contribution in [3.63, 3.8) is 0 Å². The van der Waals surface area contributed by atoms with Crippen molar-refractivity contribution < 1.29 is 14.7 Å². The Kier molecular flexibility index (Phi) is 6.73. The molecule has 3 aromatic rings. The predicted octanol–water partition coefficient (Wildman–Crippen LogP) is 4.58. The van der Waals surface area contributed by atoms with Crippen LogP contribution in [0.2, 0.25) is 0 Å². The zero-order valence-corrected chi connectivity index (χ0v) is 16.3. The monoisotopic (exact) mass is 392 g/mol. The van der Waals surface area contributed by atoms with E-state index in [1.807, 2.05) is 37.3 Å². The number of nitrogens with zero attached hydrogens (tertiary/aromatic N) is 3. The van der Waals surface area contributed by atoms with Crippen molar-refractivity contribution in [1.82, 2.24) is 9.88 Å². The third-order valence-corrected chi connectivity index (χ3v) is 4.52. The summed E-state index contributed by atoms with van der Waals surface area (Å²) in [5, 5.41) is 21.8. The second kappa shape index (κ2) is 9.64. The Bertz CT molecular complexity index is 1030. The number of benzene rings is 2. The molecule has 0 aliphatic rings. The molecule has 0 saturated carbocycles. The molecule has 0 radical (unpaired) electrons. The summed E-state index contributed by atoms with van der Waals surface area (Å²) >= 11 is 0. The predicted molar refractivity (Wildman–Crippen MR) is 111 cm³/mol. The van der Waals surface area contributed by atoms with Gasteiger partial charge in [0.15, 0.2) is 5.69 Å². The van der Waals surface area contributed by atoms with Crippen LogP contribution in [0.4, 0.5) is 5.69 Å². The van der Waals surface area contributed by atoms with Gasteiger partial charge in [-0.25, -0.2) is 0 Å². The lowest BCUT2D eigenvalue weighted by molar-refractivity contribution is -0.118. The van der Waals surface area contributed by atoms with Crippen LogP contribution in [-0.4, -0.2) is 28.0 Å². The van der Waals surface area contributed by atoms with Gasteiger partial charge in [0.05, 0.1) is 5.52 Å². The van der Waals surface area contributed by atoms with Gasteiger partial charge in [-0.2, -0.15) is 0 Å². The molecule has 0 saturated heterocycles. The number of aromatic hydroxyl groups is 1. The number of hydrogen-bond donors (Lipinski definition) is 2. The van der Waals surface area contributed by atoms with Crippen LogP contribution in [0.3, 0.4) is 0 Å². The summed E-state index contributed by atoms with van der Waals surface area (Å²) in [5.74, 6) is -0.557. The number of carbonyl (C=O) groups excluding carboxylic acids is 2. The van der Waals surface area contributed by atoms with Gasteiger partial charge in [-0.3, -0.25) is 9.59 Å². The maximum Gasteiger partial charge on any atom is 0.264 e. The van der Waals surface area contributed by atoms with Gasteiger partial charge in [0.25, 0.3) is 11.8 Å². The number of amides is 2. The molecule has 3 rings (SSSR count). The molecule has 1 aromatic heterocycles. The molecule has 0 aliphatic heterocycles. The van der Waals surface area contributed by atoms with Gasteiger partial charge >= 0.3 is 0 Å². The average Bonchev–Trinajstić information content (AvgIpc) is 3.01. The molecule has 1 heterocycles. The Hall–Kier alpha value is -3.48. The Balaban J connectivity index is 1.57. The second-order valence-corrected chi connectivity index (χ2v) is 6.66. The summed E-state index contributed by atoms with van der Waals surface area (Å²) in [6, 6.07) is 16.4. The minimum atomic E-state index is -0.398. The third kappa shape index (κ3) is 4.87. The van der Waals surface area contributed by atoms with Gasteiger partial charge in [0, 0.05) is 30.5 Å². The van der Waals surface area contributed by atoms with E-state index in [-0.39, 0.29) is 18.2 Å². The maximum atomic E-state index is 12.0. The molecule has 0 atom stereocenters. The number of carbonyl (C=O) groups is 2. The summed E-state index contributed by atoms with van der Waals surface area (Å²) in [4.78, 5) is 24.0. The van der Waals surface area contributed by atoms with Crippen LogP contribution < -0.4 is 5.32 Å². The van der Waals surface area contributed by atoms with Crippen molar-refractivity contribution >= 4 is 28.4 Å². The molecule has 2 amide bonds. The number of fused-ring (bicyclic) bond motifs is 1. The number of nitrogens with one attached hydrogen (secondary N) is 1. The number of aryl methyl sites for hydroxylation is 1. The average molecular weight is 392 g/mol. The van der Waals surface area contributed by atoms with E-state index in [0.29, 0.717) is 30.8 Å². The first-order valence-corrected chi connectivity index (χ1v) is 9.69. The number of azo groups is 1. The van der Waals surface area contributed by atoms with Gasteiger partial charge in [-0.05, 0) is 31.0 Å². The van der Waals surface area contributed by atoms with Crippen molar-refractivity contribution in [1.29, 1.82) is 0 Å². The highest BCUT2D eigenvalue weighted by Crippen LogP contribution is 2.38. The van der Waals surface area contributed by atoms with Crippen LogP contribution in [0.25, 0.3) is 10.9 Å². The summed E-state index contributed by atoms with van der Waals surface area (Å²) in [5.41, 5.74) is 1.74. The number of hydrogen-bond acceptors (Lipinski definition) is 4. The third-order valence-electron chi connectivity index (χ3n) is 4.52. The van der Waals surface area contributed by atoms with Crippen LogP contribution in [-0.2, 0) is 11.3 Å². The zero-order valence-electron chi connectivity index (χ0n) is 16.3. The largest absolute Gasteiger partial charge is 0.493 e. The molecule has 2 N–H and O–H groups in total. The quantitative estimate of drug-likeness (QED) is 0.434. The van der Waals surface area contributed by atoms with Crippen LogP contribution >= 0.6 is 0 Å². The molecule has 150 valence electrons. The van der Waals surface area contributed by atoms with E-state index in [4.69, 9.17) is 0 Å². The molecule has 7 heteroatoms. The van der Waals surface area contributed by atoms with Gasteiger partial charge < -0.3 is 15.0 Å². The normalized spacial score (nSPS) is 11.2. The first-order chi connectivity index (χ1) is 14.1. The van der Waals surface area contributed by atoms with Crippen molar-refractivity contribution in [3.8, 4) is 5.88 Å². The van der Waals surface area contributed by atoms with Crippen LogP contribution in [0.1, 0.15) is 36.5 Å². The molecule has 0 spiro atoms. The van der Waals surface area contributed by atoms with Gasteiger partial charge in [0.2, 0.25) is 5.88 Å². The number of rotatable bonds is 8. The lowest BCUT2D eigenvalue weighted by Crippen LogP contribution is -2.24. The van der Waals surface area contributed by atoms with Crippen molar-refractivity contribution in [2.45, 2.75) is 32.7 Å². The molecule has 0 aliphatic carbocycles. The van der Waals surface area contributed by atoms with Crippen molar-refractivity contribution in [2.75, 3.05) is 6.54 Å². The number of para-hydroxylation sites is 1. The SMILES string of the molecule is CCCn1c(O)c(N=NC(=O)CCCNC(=O)c2ccccc2)c2ccccc21. The highest BCUT2D eigenvalue weighted by atomic mass is 16.3. The van der Waals surface area contributed by atoms with Crippen LogP contribution in [0.15, 0.2) is 64.8 Å². The second-order valence-electron chi connectivity index (χ2n) is 6.66. The van der Waals surface area contributed by atoms with E-state index in [2.05, 4.69) is 15.5 Å². The molecule has 29 heavy (non-hydrogen) atoms. The minimum Gasteiger partial charge on any atom is -0.493 e. The molecule has 0 fully saturated rings.